The summed E-state index contributed by atoms with van der Waals surface area (Å²) < 4.78 is 0. The second kappa shape index (κ2) is 3.58. The van der Waals surface area contributed by atoms with Crippen molar-refractivity contribution in [3.8, 4) is 0 Å². The van der Waals surface area contributed by atoms with Crippen LogP contribution < -0.4 is 5.32 Å². The Morgan fingerprint density at radius 3 is 2.77 bits per heavy atom. The van der Waals surface area contributed by atoms with Crippen LogP contribution >= 0.6 is 0 Å². The fourth-order valence-corrected chi connectivity index (χ4v) is 3.10. The average molecular weight is 182 g/mol. The Bertz CT molecular complexity index is 179. The van der Waals surface area contributed by atoms with Crippen molar-refractivity contribution in [3.63, 3.8) is 0 Å². The lowest BCUT2D eigenvalue weighted by molar-refractivity contribution is 0.165. The van der Waals surface area contributed by atoms with Gasteiger partial charge in [-0.1, -0.05) is 20.3 Å². The van der Waals surface area contributed by atoms with Crippen molar-refractivity contribution in [2.75, 3.05) is 13.7 Å². The van der Waals surface area contributed by atoms with Gasteiger partial charge in [0.25, 0.3) is 0 Å². The summed E-state index contributed by atoms with van der Waals surface area (Å²) in [5.74, 6) is 1.75. The summed E-state index contributed by atoms with van der Waals surface area (Å²) in [7, 11) is 2.25. The summed E-state index contributed by atoms with van der Waals surface area (Å²) >= 11 is 0. The maximum atomic E-state index is 3.67. The number of hydrogen-bond acceptors (Lipinski definition) is 2. The Hall–Kier alpha value is -0.0800. The van der Waals surface area contributed by atoms with Gasteiger partial charge < -0.3 is 0 Å². The summed E-state index contributed by atoms with van der Waals surface area (Å²) in [6, 6.07) is 1.60. The van der Waals surface area contributed by atoms with Gasteiger partial charge in [0, 0.05) is 18.8 Å². The molecule has 3 atom stereocenters. The van der Waals surface area contributed by atoms with Crippen molar-refractivity contribution >= 4 is 0 Å². The Morgan fingerprint density at radius 1 is 1.31 bits per heavy atom. The van der Waals surface area contributed by atoms with E-state index in [-0.39, 0.29) is 0 Å². The second-order valence-electron chi connectivity index (χ2n) is 5.05. The van der Waals surface area contributed by atoms with Crippen LogP contribution in [0.5, 0.6) is 0 Å². The molecule has 2 fully saturated rings. The van der Waals surface area contributed by atoms with E-state index in [1.165, 1.54) is 19.3 Å². The molecule has 1 heterocycles. The minimum atomic E-state index is 0.777. The molecule has 2 rings (SSSR count). The first-order valence-corrected chi connectivity index (χ1v) is 5.64. The Morgan fingerprint density at radius 2 is 2.08 bits per heavy atom. The lowest BCUT2D eigenvalue weighted by Crippen LogP contribution is -2.45. The number of rotatable bonds is 1. The van der Waals surface area contributed by atoms with Crippen molar-refractivity contribution in [2.45, 2.75) is 45.2 Å². The fraction of sp³-hybridized carbons (Fsp3) is 1.00. The highest BCUT2D eigenvalue weighted by molar-refractivity contribution is 4.97. The summed E-state index contributed by atoms with van der Waals surface area (Å²) in [4.78, 5) is 2.49. The molecule has 76 valence electrons. The van der Waals surface area contributed by atoms with Crippen molar-refractivity contribution < 1.29 is 0 Å². The third-order valence-electron chi connectivity index (χ3n) is 3.91. The van der Waals surface area contributed by atoms with E-state index in [0.29, 0.717) is 0 Å². The molecule has 13 heavy (non-hydrogen) atoms. The monoisotopic (exact) mass is 182 g/mol. The van der Waals surface area contributed by atoms with Crippen molar-refractivity contribution in [1.29, 1.82) is 0 Å². The molecular weight excluding hydrogens is 160 g/mol. The van der Waals surface area contributed by atoms with E-state index in [0.717, 1.165) is 30.6 Å². The van der Waals surface area contributed by atoms with Crippen LogP contribution in [0.15, 0.2) is 0 Å². The SMILES string of the molecule is CC(C)C1CCCC2C1NCN2C. The molecule has 1 aliphatic heterocycles. The van der Waals surface area contributed by atoms with Gasteiger partial charge in [0.15, 0.2) is 0 Å². The van der Waals surface area contributed by atoms with Gasteiger partial charge >= 0.3 is 0 Å². The van der Waals surface area contributed by atoms with Gasteiger partial charge in [-0.05, 0) is 31.7 Å². The largest absolute Gasteiger partial charge is 0.300 e. The standard InChI is InChI=1S/C11H22N2/c1-8(2)9-5-4-6-10-11(9)12-7-13(10)3/h8-12H,4-7H2,1-3H3. The van der Waals surface area contributed by atoms with E-state index in [4.69, 9.17) is 0 Å². The first-order valence-electron chi connectivity index (χ1n) is 5.64. The molecule has 2 heteroatoms. The Labute approximate surface area is 81.7 Å². The zero-order valence-corrected chi connectivity index (χ0v) is 9.09. The van der Waals surface area contributed by atoms with Crippen LogP contribution in [0.25, 0.3) is 0 Å². The molecule has 2 nitrogen and oxygen atoms in total. The smallest absolute Gasteiger partial charge is 0.0483 e. The van der Waals surface area contributed by atoms with E-state index in [1.54, 1.807) is 0 Å². The molecule has 0 aromatic carbocycles. The minimum Gasteiger partial charge on any atom is -0.300 e. The molecule has 0 radical (unpaired) electrons. The molecule has 0 aromatic rings. The molecule has 1 N–H and O–H groups in total. The molecule has 0 spiro atoms. The van der Waals surface area contributed by atoms with E-state index < -0.39 is 0 Å². The minimum absolute atomic E-state index is 0.777. The molecule has 0 aromatic heterocycles. The predicted octanol–water partition coefficient (Wildman–Crippen LogP) is 1.67. The molecular formula is C11H22N2. The highest BCUT2D eigenvalue weighted by Gasteiger charge is 2.40. The van der Waals surface area contributed by atoms with Gasteiger partial charge in [-0.25, -0.2) is 0 Å². The first-order chi connectivity index (χ1) is 6.20. The quantitative estimate of drug-likeness (QED) is 0.663. The maximum absolute atomic E-state index is 3.67. The fourth-order valence-electron chi connectivity index (χ4n) is 3.10. The van der Waals surface area contributed by atoms with E-state index in [2.05, 4.69) is 31.1 Å². The highest BCUT2D eigenvalue weighted by Crippen LogP contribution is 2.34. The summed E-state index contributed by atoms with van der Waals surface area (Å²) in [5, 5.41) is 3.67. The third kappa shape index (κ3) is 1.62. The molecule has 1 saturated carbocycles. The number of nitrogens with one attached hydrogen (secondary N) is 1. The van der Waals surface area contributed by atoms with Crippen molar-refractivity contribution in [2.24, 2.45) is 11.8 Å². The third-order valence-corrected chi connectivity index (χ3v) is 3.91. The molecule has 0 bridgehead atoms. The Balaban J connectivity index is 2.07. The summed E-state index contributed by atoms with van der Waals surface area (Å²) in [5.41, 5.74) is 0. The molecule has 1 aliphatic carbocycles. The Kier molecular flexibility index (Phi) is 2.61. The van der Waals surface area contributed by atoms with E-state index in [1.807, 2.05) is 0 Å². The number of hydrogen-bond donors (Lipinski definition) is 1. The number of likely N-dealkylation sites (N-methyl/N-ethyl adjacent to an activating group) is 1. The zero-order valence-electron chi connectivity index (χ0n) is 9.09. The van der Waals surface area contributed by atoms with E-state index in [9.17, 15) is 0 Å². The second-order valence-corrected chi connectivity index (χ2v) is 5.05. The molecule has 1 saturated heterocycles. The van der Waals surface area contributed by atoms with Crippen LogP contribution in [-0.2, 0) is 0 Å². The van der Waals surface area contributed by atoms with Crippen LogP contribution in [-0.4, -0.2) is 30.7 Å². The van der Waals surface area contributed by atoms with Gasteiger partial charge in [-0.15, -0.1) is 0 Å². The summed E-state index contributed by atoms with van der Waals surface area (Å²) in [6.45, 7) is 5.83. The summed E-state index contributed by atoms with van der Waals surface area (Å²) in [6.07, 6.45) is 4.26. The zero-order chi connectivity index (χ0) is 9.42. The molecule has 2 aliphatic rings. The predicted molar refractivity (Wildman–Crippen MR) is 55.5 cm³/mol. The van der Waals surface area contributed by atoms with E-state index >= 15 is 0 Å². The number of nitrogens with zero attached hydrogens (tertiary/aromatic N) is 1. The normalized spacial score (nSPS) is 41.1. The van der Waals surface area contributed by atoms with Gasteiger partial charge in [0.2, 0.25) is 0 Å². The average Bonchev–Trinajstić information content (AvgIpc) is 2.48. The van der Waals surface area contributed by atoms with Gasteiger partial charge in [-0.2, -0.15) is 0 Å². The van der Waals surface area contributed by atoms with Crippen LogP contribution in [0.4, 0.5) is 0 Å². The van der Waals surface area contributed by atoms with Gasteiger partial charge in [0.05, 0.1) is 0 Å². The van der Waals surface area contributed by atoms with Gasteiger partial charge in [0.1, 0.15) is 0 Å². The van der Waals surface area contributed by atoms with Crippen molar-refractivity contribution in [1.82, 2.24) is 10.2 Å². The first kappa shape index (κ1) is 9.47. The lowest BCUT2D eigenvalue weighted by atomic mass is 9.76. The highest BCUT2D eigenvalue weighted by atomic mass is 15.3. The van der Waals surface area contributed by atoms with Crippen LogP contribution in [0.1, 0.15) is 33.1 Å². The van der Waals surface area contributed by atoms with Crippen LogP contribution in [0.2, 0.25) is 0 Å². The van der Waals surface area contributed by atoms with Crippen LogP contribution in [0.3, 0.4) is 0 Å². The topological polar surface area (TPSA) is 15.3 Å². The number of fused-ring (bicyclic) bond motifs is 1. The molecule has 0 amide bonds. The lowest BCUT2D eigenvalue weighted by Gasteiger charge is -2.37. The molecule has 3 unspecified atom stereocenters. The maximum Gasteiger partial charge on any atom is 0.0483 e. The van der Waals surface area contributed by atoms with Crippen LogP contribution in [0, 0.1) is 11.8 Å². The van der Waals surface area contributed by atoms with Gasteiger partial charge in [-0.3, -0.25) is 10.2 Å². The van der Waals surface area contributed by atoms with Crippen molar-refractivity contribution in [3.05, 3.63) is 0 Å².